The van der Waals surface area contributed by atoms with Crippen LogP contribution in [0.4, 0.5) is 13.2 Å². The lowest BCUT2D eigenvalue weighted by Gasteiger charge is -2.32. The van der Waals surface area contributed by atoms with Gasteiger partial charge in [-0.3, -0.25) is 4.98 Å². The van der Waals surface area contributed by atoms with Crippen molar-refractivity contribution in [2.75, 3.05) is 0 Å². The summed E-state index contributed by atoms with van der Waals surface area (Å²) in [5.74, 6) is 0. The van der Waals surface area contributed by atoms with E-state index in [9.17, 15) is 13.2 Å². The Morgan fingerprint density at radius 1 is 0.840 bits per heavy atom. The molecule has 2 heterocycles. The molecule has 7 heteroatoms. The third kappa shape index (κ3) is 3.44. The van der Waals surface area contributed by atoms with Crippen LogP contribution < -0.4 is 5.59 Å². The van der Waals surface area contributed by atoms with Crippen molar-refractivity contribution >= 4 is 12.7 Å². The van der Waals surface area contributed by atoms with Crippen LogP contribution in [0.5, 0.6) is 0 Å². The molecule has 0 unspecified atom stereocenters. The molecule has 0 atom stereocenters. The second kappa shape index (κ2) is 5.85. The van der Waals surface area contributed by atoms with Gasteiger partial charge in [0.05, 0.1) is 22.4 Å². The summed E-state index contributed by atoms with van der Waals surface area (Å²) in [4.78, 5) is 4.37. The third-order valence-electron chi connectivity index (χ3n) is 4.83. The van der Waals surface area contributed by atoms with Crippen LogP contribution in [0.3, 0.4) is 0 Å². The number of benzene rings is 1. The SMILES string of the molecule is CC1(C)OB(c2ccc(-c3ccc(C(F)(F)F)cc3)cn2)OC1(C)C. The summed E-state index contributed by atoms with van der Waals surface area (Å²) in [6, 6.07) is 8.59. The fraction of sp³-hybridized carbons (Fsp3) is 0.389. The first kappa shape index (κ1) is 18.0. The molecular weight excluding hydrogens is 330 g/mol. The van der Waals surface area contributed by atoms with Gasteiger partial charge >= 0.3 is 13.3 Å². The zero-order valence-electron chi connectivity index (χ0n) is 14.5. The minimum Gasteiger partial charge on any atom is -0.398 e. The van der Waals surface area contributed by atoms with Gasteiger partial charge in [-0.1, -0.05) is 18.2 Å². The van der Waals surface area contributed by atoms with E-state index in [4.69, 9.17) is 9.31 Å². The van der Waals surface area contributed by atoms with Crippen molar-refractivity contribution in [3.63, 3.8) is 0 Å². The Labute approximate surface area is 145 Å². The molecule has 1 aliphatic heterocycles. The highest BCUT2D eigenvalue weighted by Gasteiger charge is 2.52. The molecule has 132 valence electrons. The molecule has 0 amide bonds. The van der Waals surface area contributed by atoms with Gasteiger partial charge in [-0.2, -0.15) is 13.2 Å². The van der Waals surface area contributed by atoms with Gasteiger partial charge in [0.15, 0.2) is 0 Å². The minimum absolute atomic E-state index is 0.453. The van der Waals surface area contributed by atoms with Crippen molar-refractivity contribution in [2.24, 2.45) is 0 Å². The molecule has 2 aromatic rings. The average Bonchev–Trinajstić information content (AvgIpc) is 2.75. The molecule has 0 spiro atoms. The summed E-state index contributed by atoms with van der Waals surface area (Å²) in [5, 5.41) is 0. The van der Waals surface area contributed by atoms with Crippen LogP contribution >= 0.6 is 0 Å². The Kier molecular flexibility index (Phi) is 4.20. The van der Waals surface area contributed by atoms with Gasteiger partial charge in [0, 0.05) is 6.20 Å². The van der Waals surface area contributed by atoms with Crippen LogP contribution in [0.2, 0.25) is 0 Å². The van der Waals surface area contributed by atoms with Crippen LogP contribution in [0, 0.1) is 0 Å². The Hall–Kier alpha value is -1.86. The van der Waals surface area contributed by atoms with E-state index in [1.165, 1.54) is 12.1 Å². The Bertz CT molecular complexity index is 739. The second-order valence-corrected chi connectivity index (χ2v) is 7.14. The predicted octanol–water partition coefficient (Wildman–Crippen LogP) is 4.07. The van der Waals surface area contributed by atoms with Crippen molar-refractivity contribution in [1.82, 2.24) is 4.98 Å². The first-order valence-corrected chi connectivity index (χ1v) is 7.99. The molecule has 3 nitrogen and oxygen atoms in total. The second-order valence-electron chi connectivity index (χ2n) is 7.14. The van der Waals surface area contributed by atoms with E-state index in [0.717, 1.165) is 17.7 Å². The van der Waals surface area contributed by atoms with Crippen molar-refractivity contribution in [1.29, 1.82) is 0 Å². The zero-order chi connectivity index (χ0) is 18.5. The monoisotopic (exact) mass is 349 g/mol. The quantitative estimate of drug-likeness (QED) is 0.766. The van der Waals surface area contributed by atoms with E-state index < -0.39 is 30.1 Å². The van der Waals surface area contributed by atoms with Gasteiger partial charge in [-0.15, -0.1) is 0 Å². The van der Waals surface area contributed by atoms with E-state index in [-0.39, 0.29) is 0 Å². The standard InChI is InChI=1S/C18H19BF3NO2/c1-16(2)17(3,4)25-19(24-16)15-10-7-13(11-23-15)12-5-8-14(9-6-12)18(20,21)22/h5-11H,1-4H3. The molecule has 1 aromatic heterocycles. The molecule has 0 saturated carbocycles. The van der Waals surface area contributed by atoms with E-state index in [1.54, 1.807) is 18.3 Å². The van der Waals surface area contributed by atoms with Gasteiger partial charge in [0.2, 0.25) is 0 Å². The summed E-state index contributed by atoms with van der Waals surface area (Å²) in [5.41, 5.74) is 0.457. The van der Waals surface area contributed by atoms with Crippen molar-refractivity contribution in [3.8, 4) is 11.1 Å². The van der Waals surface area contributed by atoms with Crippen molar-refractivity contribution < 1.29 is 22.5 Å². The van der Waals surface area contributed by atoms with Gasteiger partial charge in [0.25, 0.3) is 0 Å². The lowest BCUT2D eigenvalue weighted by atomic mass is 9.84. The number of pyridine rings is 1. The third-order valence-corrected chi connectivity index (χ3v) is 4.83. The molecule has 0 radical (unpaired) electrons. The number of hydrogen-bond donors (Lipinski definition) is 0. The summed E-state index contributed by atoms with van der Waals surface area (Å²) < 4.78 is 49.8. The number of halogens is 3. The van der Waals surface area contributed by atoms with Crippen LogP contribution in [0.15, 0.2) is 42.6 Å². The molecule has 1 aromatic carbocycles. The minimum atomic E-state index is -4.34. The molecule has 1 fully saturated rings. The molecule has 3 rings (SSSR count). The molecule has 0 aliphatic carbocycles. The van der Waals surface area contributed by atoms with Crippen LogP contribution in [-0.2, 0) is 15.5 Å². The maximum atomic E-state index is 12.6. The number of rotatable bonds is 2. The summed E-state index contributed by atoms with van der Waals surface area (Å²) >= 11 is 0. The smallest absolute Gasteiger partial charge is 0.398 e. The lowest BCUT2D eigenvalue weighted by molar-refractivity contribution is -0.137. The highest BCUT2D eigenvalue weighted by Crippen LogP contribution is 2.36. The number of hydrogen-bond acceptors (Lipinski definition) is 3. The fourth-order valence-corrected chi connectivity index (χ4v) is 2.53. The highest BCUT2D eigenvalue weighted by atomic mass is 19.4. The van der Waals surface area contributed by atoms with E-state index in [2.05, 4.69) is 4.98 Å². The largest absolute Gasteiger partial charge is 0.514 e. The molecule has 0 N–H and O–H groups in total. The molecule has 1 aliphatic rings. The molecule has 25 heavy (non-hydrogen) atoms. The summed E-state index contributed by atoms with van der Waals surface area (Å²) in [6.45, 7) is 7.85. The molecule has 1 saturated heterocycles. The molecular formula is C18H19BF3NO2. The Balaban J connectivity index is 1.79. The Morgan fingerprint density at radius 2 is 1.36 bits per heavy atom. The topological polar surface area (TPSA) is 31.4 Å². The zero-order valence-corrected chi connectivity index (χ0v) is 14.5. The van der Waals surface area contributed by atoms with Gasteiger partial charge in [-0.25, -0.2) is 0 Å². The normalized spacial score (nSPS) is 19.2. The van der Waals surface area contributed by atoms with E-state index in [0.29, 0.717) is 11.2 Å². The average molecular weight is 349 g/mol. The van der Waals surface area contributed by atoms with Gasteiger partial charge in [-0.05, 0) is 57.0 Å². The van der Waals surface area contributed by atoms with Gasteiger partial charge in [0.1, 0.15) is 0 Å². The first-order chi connectivity index (χ1) is 11.5. The number of nitrogens with zero attached hydrogens (tertiary/aromatic N) is 1. The summed E-state index contributed by atoms with van der Waals surface area (Å²) in [7, 11) is -0.563. The maximum absolute atomic E-state index is 12.6. The number of alkyl halides is 3. The van der Waals surface area contributed by atoms with Gasteiger partial charge < -0.3 is 9.31 Å². The lowest BCUT2D eigenvalue weighted by Crippen LogP contribution is -2.41. The van der Waals surface area contributed by atoms with Crippen LogP contribution in [-0.4, -0.2) is 23.3 Å². The van der Waals surface area contributed by atoms with Crippen LogP contribution in [0.25, 0.3) is 11.1 Å². The Morgan fingerprint density at radius 3 is 1.80 bits per heavy atom. The predicted molar refractivity (Wildman–Crippen MR) is 90.4 cm³/mol. The highest BCUT2D eigenvalue weighted by molar-refractivity contribution is 6.61. The first-order valence-electron chi connectivity index (χ1n) is 7.99. The van der Waals surface area contributed by atoms with Crippen molar-refractivity contribution in [3.05, 3.63) is 48.2 Å². The number of aromatic nitrogens is 1. The van der Waals surface area contributed by atoms with E-state index >= 15 is 0 Å². The fourth-order valence-electron chi connectivity index (χ4n) is 2.53. The van der Waals surface area contributed by atoms with E-state index in [1.807, 2.05) is 27.7 Å². The van der Waals surface area contributed by atoms with Crippen molar-refractivity contribution in [2.45, 2.75) is 45.1 Å². The maximum Gasteiger partial charge on any atom is 0.514 e. The van der Waals surface area contributed by atoms with Crippen LogP contribution in [0.1, 0.15) is 33.3 Å². The summed E-state index contributed by atoms with van der Waals surface area (Å²) in [6.07, 6.45) is -2.72. The molecule has 0 bridgehead atoms.